The van der Waals surface area contributed by atoms with Gasteiger partial charge in [-0.3, -0.25) is 13.9 Å². The summed E-state index contributed by atoms with van der Waals surface area (Å²) < 4.78 is 30.5. The normalized spacial score (nSPS) is 11.6. The van der Waals surface area contributed by atoms with Crippen molar-refractivity contribution >= 4 is 43.3 Å². The van der Waals surface area contributed by atoms with E-state index in [-0.39, 0.29) is 20.4 Å². The molecule has 4 aromatic rings. The van der Waals surface area contributed by atoms with Crippen molar-refractivity contribution in [2.45, 2.75) is 4.90 Å². The van der Waals surface area contributed by atoms with Gasteiger partial charge in [0.15, 0.2) is 0 Å². The fraction of sp³-hybridized carbons (Fsp3) is 0. The Morgan fingerprint density at radius 1 is 0.679 bits per heavy atom. The third-order valence-corrected chi connectivity index (χ3v) is 5.70. The van der Waals surface area contributed by atoms with E-state index < -0.39 is 21.2 Å². The molecule has 0 amide bonds. The topological polar surface area (TPSA) is 82.4 Å². The molecule has 6 nitrogen and oxygen atoms in total. The highest BCUT2D eigenvalue weighted by Gasteiger charge is 2.21. The fourth-order valence-corrected chi connectivity index (χ4v) is 3.94. The van der Waals surface area contributed by atoms with Gasteiger partial charge in [0.05, 0.1) is 10.8 Å². The second-order valence-corrected chi connectivity index (χ2v) is 7.94. The Kier molecular flexibility index (Phi) is 4.41. The number of hydrogen-bond donors (Lipinski definition) is 0. The molecule has 8 heteroatoms. The molecule has 0 aliphatic carbocycles. The maximum absolute atomic E-state index is 13.0. The molecule has 0 aliphatic rings. The average Bonchev–Trinajstić information content (AvgIpc) is 2.78. The van der Waals surface area contributed by atoms with Gasteiger partial charge in [-0.15, -0.1) is 0 Å². The van der Waals surface area contributed by atoms with Gasteiger partial charge in [0, 0.05) is 5.02 Å². The molecule has 140 valence electrons. The minimum atomic E-state index is -4.44. The monoisotopic (exact) mass is 413 g/mol. The number of halogens is 1. The van der Waals surface area contributed by atoms with Crippen molar-refractivity contribution in [1.29, 1.82) is 0 Å². The van der Waals surface area contributed by atoms with Gasteiger partial charge < -0.3 is 0 Å². The summed E-state index contributed by atoms with van der Waals surface area (Å²) in [4.78, 5) is 25.7. The van der Waals surface area contributed by atoms with Crippen LogP contribution in [0.3, 0.4) is 0 Å². The number of fused-ring (bicyclic) bond motifs is 3. The van der Waals surface area contributed by atoms with Crippen LogP contribution in [0.5, 0.6) is 0 Å². The van der Waals surface area contributed by atoms with Crippen molar-refractivity contribution in [1.82, 2.24) is 4.73 Å². The zero-order valence-corrected chi connectivity index (χ0v) is 15.8. The Bertz CT molecular complexity index is 1370. The van der Waals surface area contributed by atoms with E-state index in [1.54, 1.807) is 36.4 Å². The Morgan fingerprint density at radius 3 is 1.57 bits per heavy atom. The molecule has 1 heterocycles. The van der Waals surface area contributed by atoms with Crippen LogP contribution in [0.25, 0.3) is 21.5 Å². The third kappa shape index (κ3) is 3.04. The molecule has 0 spiro atoms. The second kappa shape index (κ2) is 6.78. The Labute approximate surface area is 164 Å². The molecule has 0 radical (unpaired) electrons. The summed E-state index contributed by atoms with van der Waals surface area (Å²) >= 11 is 5.78. The summed E-state index contributed by atoms with van der Waals surface area (Å²) in [5.74, 6) is 0. The van der Waals surface area contributed by atoms with Crippen LogP contribution in [-0.2, 0) is 10.1 Å². The molecule has 28 heavy (non-hydrogen) atoms. The molecule has 0 saturated heterocycles. The number of rotatable bonds is 3. The summed E-state index contributed by atoms with van der Waals surface area (Å²) in [6.07, 6.45) is 0. The smallest absolute Gasteiger partial charge is 0.277 e. The maximum atomic E-state index is 13.0. The van der Waals surface area contributed by atoms with Crippen molar-refractivity contribution in [3.8, 4) is 0 Å². The summed E-state index contributed by atoms with van der Waals surface area (Å²) in [5, 5.41) is 1.70. The molecular weight excluding hydrogens is 402 g/mol. The summed E-state index contributed by atoms with van der Waals surface area (Å²) in [6.45, 7) is 0. The first kappa shape index (κ1) is 18.2. The van der Waals surface area contributed by atoms with E-state index in [0.717, 1.165) is 0 Å². The van der Waals surface area contributed by atoms with E-state index in [2.05, 4.69) is 0 Å². The van der Waals surface area contributed by atoms with Crippen LogP contribution in [0, 0.1) is 0 Å². The van der Waals surface area contributed by atoms with Crippen molar-refractivity contribution < 1.29 is 12.7 Å². The molecule has 0 atom stereocenters. The standard InChI is InChI=1S/C20H12ClNO5S/c21-13-9-11-14(12-10-13)28(25,26)27-22-19(23)17-7-3-1-5-15(17)16-6-2-4-8-18(16)20(22)24/h1-12H. The SMILES string of the molecule is O=c1c2ccccc2c2ccccc2c(=O)n1OS(=O)(=O)c1ccc(Cl)cc1. The average molecular weight is 414 g/mol. The van der Waals surface area contributed by atoms with Crippen LogP contribution in [-0.4, -0.2) is 13.1 Å². The molecule has 0 bridgehead atoms. The van der Waals surface area contributed by atoms with Gasteiger partial charge >= 0.3 is 10.1 Å². The zero-order valence-electron chi connectivity index (χ0n) is 14.2. The summed E-state index contributed by atoms with van der Waals surface area (Å²) in [7, 11) is -4.44. The van der Waals surface area contributed by atoms with E-state index in [1.165, 1.54) is 36.4 Å². The summed E-state index contributed by atoms with van der Waals surface area (Å²) in [6, 6.07) is 18.3. The lowest BCUT2D eigenvalue weighted by atomic mass is 10.1. The molecule has 1 aromatic heterocycles. The zero-order chi connectivity index (χ0) is 19.9. The Balaban J connectivity index is 2.06. The van der Waals surface area contributed by atoms with Crippen LogP contribution in [0.4, 0.5) is 0 Å². The lowest BCUT2D eigenvalue weighted by molar-refractivity contribution is 0.261. The minimum absolute atomic E-state index is 0.159. The molecule has 0 fully saturated rings. The molecule has 0 aliphatic heterocycles. The molecule has 4 rings (SSSR count). The Morgan fingerprint density at radius 2 is 1.11 bits per heavy atom. The van der Waals surface area contributed by atoms with Gasteiger partial charge in [-0.25, -0.2) is 0 Å². The lowest BCUT2D eigenvalue weighted by Gasteiger charge is -2.06. The van der Waals surface area contributed by atoms with Gasteiger partial charge in [0.1, 0.15) is 4.90 Å². The van der Waals surface area contributed by atoms with E-state index in [9.17, 15) is 18.0 Å². The highest BCUT2D eigenvalue weighted by molar-refractivity contribution is 7.87. The van der Waals surface area contributed by atoms with Crippen LogP contribution in [0.15, 0.2) is 87.3 Å². The highest BCUT2D eigenvalue weighted by Crippen LogP contribution is 2.19. The van der Waals surface area contributed by atoms with Crippen LogP contribution in [0.2, 0.25) is 5.02 Å². The van der Waals surface area contributed by atoms with Crippen LogP contribution in [0.1, 0.15) is 0 Å². The first-order valence-corrected chi connectivity index (χ1v) is 9.94. The molecule has 0 N–H and O–H groups in total. The van der Waals surface area contributed by atoms with Gasteiger partial charge in [-0.1, -0.05) is 52.7 Å². The molecule has 0 saturated carbocycles. The van der Waals surface area contributed by atoms with Crippen molar-refractivity contribution in [2.24, 2.45) is 0 Å². The quantitative estimate of drug-likeness (QED) is 0.515. The predicted molar refractivity (Wildman–Crippen MR) is 107 cm³/mol. The largest absolute Gasteiger partial charge is 0.357 e. The maximum Gasteiger partial charge on any atom is 0.357 e. The molecule has 0 unspecified atom stereocenters. The first-order valence-electron chi connectivity index (χ1n) is 8.16. The number of hydrogen-bond acceptors (Lipinski definition) is 5. The van der Waals surface area contributed by atoms with Crippen molar-refractivity contribution in [2.75, 3.05) is 0 Å². The lowest BCUT2D eigenvalue weighted by Crippen LogP contribution is -2.38. The van der Waals surface area contributed by atoms with E-state index >= 15 is 0 Å². The first-order chi connectivity index (χ1) is 13.4. The van der Waals surface area contributed by atoms with Gasteiger partial charge in [-0.2, -0.15) is 8.42 Å². The van der Waals surface area contributed by atoms with Crippen LogP contribution < -0.4 is 15.4 Å². The number of nitrogens with zero attached hydrogens (tertiary/aromatic N) is 1. The summed E-state index contributed by atoms with van der Waals surface area (Å²) in [5.41, 5.74) is -1.73. The predicted octanol–water partition coefficient (Wildman–Crippen LogP) is 2.99. The fourth-order valence-electron chi connectivity index (χ4n) is 2.93. The van der Waals surface area contributed by atoms with E-state index in [0.29, 0.717) is 15.8 Å². The number of benzene rings is 3. The molecular formula is C20H12ClNO5S. The Hall–Kier alpha value is -3.16. The van der Waals surface area contributed by atoms with E-state index in [1.807, 2.05) is 0 Å². The van der Waals surface area contributed by atoms with E-state index in [4.69, 9.17) is 15.9 Å². The van der Waals surface area contributed by atoms with Crippen LogP contribution >= 0.6 is 11.6 Å². The third-order valence-electron chi connectivity index (χ3n) is 4.25. The minimum Gasteiger partial charge on any atom is -0.277 e. The second-order valence-electron chi connectivity index (χ2n) is 5.98. The van der Waals surface area contributed by atoms with Crippen molar-refractivity contribution in [3.63, 3.8) is 0 Å². The van der Waals surface area contributed by atoms with Crippen molar-refractivity contribution in [3.05, 3.63) is 98.5 Å². The highest BCUT2D eigenvalue weighted by atomic mass is 35.5. The number of aromatic nitrogens is 1. The van der Waals surface area contributed by atoms with Gasteiger partial charge in [-0.05, 0) is 47.2 Å². The van der Waals surface area contributed by atoms with Gasteiger partial charge in [0.2, 0.25) is 0 Å². The molecule has 3 aromatic carbocycles. The van der Waals surface area contributed by atoms with Gasteiger partial charge in [0.25, 0.3) is 11.1 Å².